The molecule has 0 aromatic heterocycles. The van der Waals surface area contributed by atoms with Crippen molar-refractivity contribution in [3.05, 3.63) is 30.1 Å². The molecule has 0 aliphatic heterocycles. The Hall–Kier alpha value is -1.38. The lowest BCUT2D eigenvalue weighted by molar-refractivity contribution is -0.120. The van der Waals surface area contributed by atoms with E-state index in [9.17, 15) is 9.18 Å². The smallest absolute Gasteiger partial charge is 0.227 e. The Morgan fingerprint density at radius 3 is 2.35 bits per heavy atom. The quantitative estimate of drug-likeness (QED) is 0.796. The number of carbonyl (C=O) groups excluding carboxylic acids is 1. The zero-order valence-electron chi connectivity index (χ0n) is 10.5. The molecule has 0 fully saturated rings. The molecular weight excluding hydrogens is 217 g/mol. The van der Waals surface area contributed by atoms with E-state index < -0.39 is 0 Å². The van der Waals surface area contributed by atoms with Gasteiger partial charge in [-0.15, -0.1) is 0 Å². The monoisotopic (exact) mass is 237 g/mol. The van der Waals surface area contributed by atoms with Crippen LogP contribution in [0.2, 0.25) is 0 Å². The van der Waals surface area contributed by atoms with Gasteiger partial charge in [-0.2, -0.15) is 0 Å². The van der Waals surface area contributed by atoms with Gasteiger partial charge in [0.25, 0.3) is 0 Å². The van der Waals surface area contributed by atoms with Crippen molar-refractivity contribution in [3.8, 4) is 0 Å². The molecule has 1 rings (SSSR count). The first-order valence-corrected chi connectivity index (χ1v) is 6.24. The van der Waals surface area contributed by atoms with Crippen molar-refractivity contribution in [2.75, 3.05) is 5.32 Å². The van der Waals surface area contributed by atoms with Crippen molar-refractivity contribution < 1.29 is 9.18 Å². The summed E-state index contributed by atoms with van der Waals surface area (Å²) in [5.74, 6) is -0.462. The Bertz CT molecular complexity index is 359. The van der Waals surface area contributed by atoms with Gasteiger partial charge in [-0.3, -0.25) is 4.79 Å². The lowest BCUT2D eigenvalue weighted by Gasteiger charge is -2.15. The average molecular weight is 237 g/mol. The van der Waals surface area contributed by atoms with Crippen LogP contribution in [0.25, 0.3) is 0 Å². The second kappa shape index (κ2) is 7.05. The number of hydrogen-bond donors (Lipinski definition) is 1. The van der Waals surface area contributed by atoms with Crippen LogP contribution in [-0.2, 0) is 4.79 Å². The van der Waals surface area contributed by atoms with Gasteiger partial charge in [0.15, 0.2) is 0 Å². The van der Waals surface area contributed by atoms with Crippen molar-refractivity contribution in [2.24, 2.45) is 5.92 Å². The molecule has 1 amide bonds. The van der Waals surface area contributed by atoms with Crippen LogP contribution in [0, 0.1) is 11.7 Å². The molecule has 1 aromatic rings. The molecular formula is C14H20FNO. The van der Waals surface area contributed by atoms with Gasteiger partial charge in [0.2, 0.25) is 5.91 Å². The molecule has 0 unspecified atom stereocenters. The molecule has 0 spiro atoms. The summed E-state index contributed by atoms with van der Waals surface area (Å²) in [6, 6.07) is 6.26. The zero-order valence-corrected chi connectivity index (χ0v) is 10.5. The molecule has 0 radical (unpaired) electrons. The van der Waals surface area contributed by atoms with E-state index >= 15 is 0 Å². The number of carbonyl (C=O) groups is 1. The van der Waals surface area contributed by atoms with Crippen LogP contribution in [0.1, 0.15) is 39.5 Å². The number of halogens is 1. The highest BCUT2D eigenvalue weighted by Crippen LogP contribution is 2.18. The first-order chi connectivity index (χ1) is 8.19. The minimum Gasteiger partial charge on any atom is -0.323 e. The van der Waals surface area contributed by atoms with Gasteiger partial charge in [-0.1, -0.05) is 38.8 Å². The molecule has 17 heavy (non-hydrogen) atoms. The predicted octanol–water partition coefficient (Wildman–Crippen LogP) is 3.98. The van der Waals surface area contributed by atoms with Crippen molar-refractivity contribution >= 4 is 11.6 Å². The number of anilines is 1. The third-order valence-corrected chi connectivity index (χ3v) is 2.78. The van der Waals surface area contributed by atoms with E-state index in [4.69, 9.17) is 0 Å². The molecule has 94 valence electrons. The molecule has 0 atom stereocenters. The molecule has 0 heterocycles. The average Bonchev–Trinajstić information content (AvgIpc) is 2.32. The van der Waals surface area contributed by atoms with E-state index in [0.29, 0.717) is 0 Å². The normalized spacial score (nSPS) is 10.6. The number of rotatable bonds is 6. The molecule has 2 nitrogen and oxygen atoms in total. The van der Waals surface area contributed by atoms with Gasteiger partial charge in [0.05, 0.1) is 5.69 Å². The zero-order chi connectivity index (χ0) is 12.7. The summed E-state index contributed by atoms with van der Waals surface area (Å²) in [6.45, 7) is 4.11. The van der Waals surface area contributed by atoms with E-state index in [0.717, 1.165) is 25.7 Å². The number of benzene rings is 1. The van der Waals surface area contributed by atoms with Gasteiger partial charge < -0.3 is 5.32 Å². The van der Waals surface area contributed by atoms with E-state index in [1.165, 1.54) is 6.07 Å². The van der Waals surface area contributed by atoms with Gasteiger partial charge in [-0.05, 0) is 25.0 Å². The van der Waals surface area contributed by atoms with Crippen molar-refractivity contribution in [2.45, 2.75) is 39.5 Å². The van der Waals surface area contributed by atoms with Crippen LogP contribution < -0.4 is 5.32 Å². The van der Waals surface area contributed by atoms with E-state index in [-0.39, 0.29) is 23.3 Å². The molecule has 3 heteroatoms. The lowest BCUT2D eigenvalue weighted by atomic mass is 9.97. The SMILES string of the molecule is CCCC(CCC)C(=O)Nc1ccccc1F. The predicted molar refractivity (Wildman–Crippen MR) is 68.3 cm³/mol. The summed E-state index contributed by atoms with van der Waals surface area (Å²) >= 11 is 0. The molecule has 0 aliphatic rings. The molecule has 1 aromatic carbocycles. The summed E-state index contributed by atoms with van der Waals surface area (Å²) in [5.41, 5.74) is 0.273. The van der Waals surface area contributed by atoms with E-state index in [2.05, 4.69) is 19.2 Å². The maximum Gasteiger partial charge on any atom is 0.227 e. The fourth-order valence-electron chi connectivity index (χ4n) is 1.90. The highest BCUT2D eigenvalue weighted by molar-refractivity contribution is 5.92. The summed E-state index contributed by atoms with van der Waals surface area (Å²) in [4.78, 5) is 12.0. The largest absolute Gasteiger partial charge is 0.323 e. The molecule has 0 saturated carbocycles. The van der Waals surface area contributed by atoms with Gasteiger partial charge in [0, 0.05) is 5.92 Å². The molecule has 0 bridgehead atoms. The van der Waals surface area contributed by atoms with Crippen LogP contribution in [0.4, 0.5) is 10.1 Å². The number of para-hydroxylation sites is 1. The van der Waals surface area contributed by atoms with Crippen LogP contribution in [0.3, 0.4) is 0 Å². The van der Waals surface area contributed by atoms with Gasteiger partial charge in [0.1, 0.15) is 5.82 Å². The Kier molecular flexibility index (Phi) is 5.67. The van der Waals surface area contributed by atoms with Crippen LogP contribution in [-0.4, -0.2) is 5.91 Å². The van der Waals surface area contributed by atoms with E-state index in [1.807, 2.05) is 0 Å². The molecule has 1 N–H and O–H groups in total. The van der Waals surface area contributed by atoms with Gasteiger partial charge in [-0.25, -0.2) is 4.39 Å². The van der Waals surface area contributed by atoms with Crippen molar-refractivity contribution in [3.63, 3.8) is 0 Å². The first-order valence-electron chi connectivity index (χ1n) is 6.24. The van der Waals surface area contributed by atoms with Crippen LogP contribution in [0.15, 0.2) is 24.3 Å². The third-order valence-electron chi connectivity index (χ3n) is 2.78. The summed E-state index contributed by atoms with van der Waals surface area (Å²) in [6.07, 6.45) is 3.65. The second-order valence-corrected chi connectivity index (χ2v) is 4.24. The summed E-state index contributed by atoms with van der Waals surface area (Å²) in [5, 5.41) is 2.67. The van der Waals surface area contributed by atoms with Crippen molar-refractivity contribution in [1.82, 2.24) is 0 Å². The second-order valence-electron chi connectivity index (χ2n) is 4.24. The Labute approximate surface area is 102 Å². The summed E-state index contributed by atoms with van der Waals surface area (Å²) < 4.78 is 13.4. The maximum absolute atomic E-state index is 13.4. The van der Waals surface area contributed by atoms with Crippen LogP contribution in [0.5, 0.6) is 0 Å². The third kappa shape index (κ3) is 4.17. The minimum atomic E-state index is -0.382. The number of hydrogen-bond acceptors (Lipinski definition) is 1. The van der Waals surface area contributed by atoms with Gasteiger partial charge >= 0.3 is 0 Å². The van der Waals surface area contributed by atoms with E-state index in [1.54, 1.807) is 18.2 Å². The lowest BCUT2D eigenvalue weighted by Crippen LogP contribution is -2.23. The molecule has 0 aliphatic carbocycles. The number of amides is 1. The Morgan fingerprint density at radius 1 is 1.24 bits per heavy atom. The maximum atomic E-state index is 13.4. The summed E-state index contributed by atoms with van der Waals surface area (Å²) in [7, 11) is 0. The first kappa shape index (κ1) is 13.7. The standard InChI is InChI=1S/C14H20FNO/c1-3-7-11(8-4-2)14(17)16-13-10-6-5-9-12(13)15/h5-6,9-11H,3-4,7-8H2,1-2H3,(H,16,17). The highest BCUT2D eigenvalue weighted by atomic mass is 19.1. The van der Waals surface area contributed by atoms with Crippen molar-refractivity contribution in [1.29, 1.82) is 0 Å². The Balaban J connectivity index is 2.66. The fraction of sp³-hybridized carbons (Fsp3) is 0.500. The highest BCUT2D eigenvalue weighted by Gasteiger charge is 2.17. The minimum absolute atomic E-state index is 0.00962. The van der Waals surface area contributed by atoms with Crippen LogP contribution >= 0.6 is 0 Å². The fourth-order valence-corrected chi connectivity index (χ4v) is 1.90. The number of nitrogens with one attached hydrogen (secondary N) is 1. The topological polar surface area (TPSA) is 29.1 Å². The molecule has 0 saturated heterocycles. The Morgan fingerprint density at radius 2 is 1.82 bits per heavy atom.